The Morgan fingerprint density at radius 3 is 2.31 bits per heavy atom. The Balaban J connectivity index is 1.15. The number of thiazole rings is 1. The molecule has 0 fully saturated rings. The molecule has 6 rings (SSSR count). The molecule has 0 saturated carbocycles. The molecule has 3 aromatic carbocycles. The molecular weight excluding hydrogens is 518 g/mol. The molecule has 3 heterocycles. The molecule has 0 bridgehead atoms. The van der Waals surface area contributed by atoms with Crippen LogP contribution < -0.4 is 21.5 Å². The van der Waals surface area contributed by atoms with Gasteiger partial charge in [-0.25, -0.2) is 4.98 Å². The summed E-state index contributed by atoms with van der Waals surface area (Å²) in [5.41, 5.74) is 1.73. The number of hydrogen-bond acceptors (Lipinski definition) is 8. The number of hydrogen-bond donors (Lipinski definition) is 2. The molecule has 2 amide bonds. The molecule has 3 aromatic heterocycles. The Kier molecular flexibility index (Phi) is 6.06. The molecule has 0 aliphatic carbocycles. The summed E-state index contributed by atoms with van der Waals surface area (Å²) in [5, 5.41) is 8.17. The van der Waals surface area contributed by atoms with Crippen LogP contribution in [0.2, 0.25) is 0 Å². The van der Waals surface area contributed by atoms with Crippen molar-refractivity contribution in [1.29, 1.82) is 0 Å². The molecule has 39 heavy (non-hydrogen) atoms. The highest BCUT2D eigenvalue weighted by atomic mass is 32.1. The van der Waals surface area contributed by atoms with Crippen LogP contribution in [0.1, 0.15) is 20.9 Å². The van der Waals surface area contributed by atoms with E-state index in [1.165, 1.54) is 11.3 Å². The van der Waals surface area contributed by atoms with Gasteiger partial charge in [0.05, 0.1) is 16.5 Å². The van der Waals surface area contributed by atoms with E-state index < -0.39 is 17.2 Å². The van der Waals surface area contributed by atoms with Crippen molar-refractivity contribution in [1.82, 2.24) is 4.98 Å². The third-order valence-electron chi connectivity index (χ3n) is 5.95. The van der Waals surface area contributed by atoms with Gasteiger partial charge in [-0.2, -0.15) is 0 Å². The molecule has 6 aromatic rings. The van der Waals surface area contributed by atoms with Crippen LogP contribution in [0.4, 0.5) is 10.8 Å². The highest BCUT2D eigenvalue weighted by Crippen LogP contribution is 2.27. The summed E-state index contributed by atoms with van der Waals surface area (Å²) in [6.45, 7) is 0. The number of anilines is 2. The number of fused-ring (bicyclic) bond motifs is 2. The minimum Gasteiger partial charge on any atom is -0.463 e. The van der Waals surface area contributed by atoms with E-state index in [0.29, 0.717) is 38.5 Å². The van der Waals surface area contributed by atoms with Gasteiger partial charge < -0.3 is 14.2 Å². The highest BCUT2D eigenvalue weighted by Gasteiger charge is 2.16. The van der Waals surface area contributed by atoms with Gasteiger partial charge in [-0.1, -0.05) is 36.4 Å². The number of rotatable bonds is 5. The van der Waals surface area contributed by atoms with E-state index in [1.54, 1.807) is 78.2 Å². The predicted octanol–water partition coefficient (Wildman–Crippen LogP) is 5.53. The number of aromatic nitrogens is 1. The van der Waals surface area contributed by atoms with E-state index >= 15 is 0 Å². The number of nitrogens with one attached hydrogen (secondary N) is 2. The second-order valence-electron chi connectivity index (χ2n) is 8.47. The van der Waals surface area contributed by atoms with Gasteiger partial charge in [0.25, 0.3) is 11.8 Å². The number of carbonyl (C=O) groups excluding carboxylic acids is 2. The Hall–Kier alpha value is -5.35. The molecule has 0 unspecified atom stereocenters. The van der Waals surface area contributed by atoms with Gasteiger partial charge in [0, 0.05) is 22.7 Å². The lowest BCUT2D eigenvalue weighted by Gasteiger charge is -2.06. The van der Waals surface area contributed by atoms with E-state index in [4.69, 9.17) is 8.83 Å². The lowest BCUT2D eigenvalue weighted by Crippen LogP contribution is -2.21. The van der Waals surface area contributed by atoms with Gasteiger partial charge in [-0.3, -0.25) is 24.5 Å². The minimum atomic E-state index is -0.588. The first-order valence-corrected chi connectivity index (χ1v) is 12.6. The van der Waals surface area contributed by atoms with Crippen LogP contribution in [0.15, 0.2) is 109 Å². The van der Waals surface area contributed by atoms with Crippen LogP contribution in [0.3, 0.4) is 0 Å². The van der Waals surface area contributed by atoms with Crippen molar-refractivity contribution < 1.29 is 18.4 Å². The first-order chi connectivity index (χ1) is 19.0. The Morgan fingerprint density at radius 2 is 1.51 bits per heavy atom. The maximum atomic E-state index is 12.7. The summed E-state index contributed by atoms with van der Waals surface area (Å²) in [7, 11) is 0. The molecule has 190 valence electrons. The predicted molar refractivity (Wildman–Crippen MR) is 148 cm³/mol. The fourth-order valence-electron chi connectivity index (χ4n) is 4.00. The van der Waals surface area contributed by atoms with E-state index in [1.807, 2.05) is 0 Å². The molecule has 0 aliphatic rings. The normalized spacial score (nSPS) is 11.0. The van der Waals surface area contributed by atoms with E-state index in [9.17, 15) is 19.2 Å². The summed E-state index contributed by atoms with van der Waals surface area (Å²) < 4.78 is 11.0. The highest BCUT2D eigenvalue weighted by molar-refractivity contribution is 7.14. The lowest BCUT2D eigenvalue weighted by atomic mass is 10.1. The van der Waals surface area contributed by atoms with Gasteiger partial charge in [0.15, 0.2) is 16.3 Å². The second kappa shape index (κ2) is 9.84. The fourth-order valence-corrected chi connectivity index (χ4v) is 4.71. The van der Waals surface area contributed by atoms with Gasteiger partial charge in [-0.05, 0) is 36.4 Å². The zero-order chi connectivity index (χ0) is 26.9. The standard InChI is InChI=1S/C29H17N3O6S/c33-22-13-25(38-24-8-4-1-5-18(22)24)28(36)32-29-31-21(15-39-29)16-9-11-17(12-10-16)30-27(35)20-14-37-23-7-3-2-6-19(23)26(20)34/h1-15H,(H,30,35)(H,31,32,36). The summed E-state index contributed by atoms with van der Waals surface area (Å²) in [4.78, 5) is 54.8. The lowest BCUT2D eigenvalue weighted by molar-refractivity contribution is 0.0995. The van der Waals surface area contributed by atoms with Crippen LogP contribution in [0.5, 0.6) is 0 Å². The smallest absolute Gasteiger partial charge is 0.293 e. The van der Waals surface area contributed by atoms with Crippen molar-refractivity contribution in [3.05, 3.63) is 122 Å². The third-order valence-corrected chi connectivity index (χ3v) is 6.70. The monoisotopic (exact) mass is 535 g/mol. The van der Waals surface area contributed by atoms with E-state index in [-0.39, 0.29) is 16.8 Å². The first kappa shape index (κ1) is 24.0. The molecule has 10 heteroatoms. The molecule has 0 atom stereocenters. The van der Waals surface area contributed by atoms with Crippen molar-refractivity contribution in [2.45, 2.75) is 0 Å². The number of nitrogens with zero attached hydrogens (tertiary/aromatic N) is 1. The third kappa shape index (κ3) is 4.72. The minimum absolute atomic E-state index is 0.0973. The average molecular weight is 536 g/mol. The fraction of sp³-hybridized carbons (Fsp3) is 0. The van der Waals surface area contributed by atoms with Crippen molar-refractivity contribution in [3.63, 3.8) is 0 Å². The first-order valence-electron chi connectivity index (χ1n) is 11.7. The largest absolute Gasteiger partial charge is 0.463 e. The van der Waals surface area contributed by atoms with Crippen LogP contribution in [0.25, 0.3) is 33.2 Å². The quantitative estimate of drug-likeness (QED) is 0.297. The molecule has 0 radical (unpaired) electrons. The molecule has 2 N–H and O–H groups in total. The van der Waals surface area contributed by atoms with Crippen molar-refractivity contribution in [2.24, 2.45) is 0 Å². The number of amides is 2. The molecule has 9 nitrogen and oxygen atoms in total. The van der Waals surface area contributed by atoms with Crippen molar-refractivity contribution in [2.75, 3.05) is 10.6 Å². The summed E-state index contributed by atoms with van der Waals surface area (Å²) in [6, 6.07) is 21.4. The van der Waals surface area contributed by atoms with Gasteiger partial charge in [-0.15, -0.1) is 11.3 Å². The molecule has 0 spiro atoms. The average Bonchev–Trinajstić information content (AvgIpc) is 3.42. The zero-order valence-corrected chi connectivity index (χ0v) is 20.8. The number of carbonyl (C=O) groups is 2. The second-order valence-corrected chi connectivity index (χ2v) is 9.33. The van der Waals surface area contributed by atoms with E-state index in [0.717, 1.165) is 17.9 Å². The Bertz CT molecular complexity index is 2010. The zero-order valence-electron chi connectivity index (χ0n) is 20.0. The number of para-hydroxylation sites is 2. The number of benzene rings is 3. The van der Waals surface area contributed by atoms with Crippen LogP contribution >= 0.6 is 11.3 Å². The van der Waals surface area contributed by atoms with Crippen LogP contribution in [0, 0.1) is 0 Å². The molecule has 0 aliphatic heterocycles. The van der Waals surface area contributed by atoms with Crippen molar-refractivity contribution in [3.8, 4) is 11.3 Å². The Morgan fingerprint density at radius 1 is 0.795 bits per heavy atom. The molecular formula is C29H17N3O6S. The SMILES string of the molecule is O=C(Nc1nc(-c2ccc(NC(=O)c3coc4ccccc4c3=O)cc2)cs1)c1cc(=O)c2ccccc2o1. The van der Waals surface area contributed by atoms with Crippen LogP contribution in [-0.4, -0.2) is 16.8 Å². The summed E-state index contributed by atoms with van der Waals surface area (Å²) in [5.74, 6) is -1.28. The maximum absolute atomic E-state index is 12.7. The van der Waals surface area contributed by atoms with Gasteiger partial charge >= 0.3 is 0 Å². The maximum Gasteiger partial charge on any atom is 0.293 e. The van der Waals surface area contributed by atoms with Crippen molar-refractivity contribution >= 4 is 55.9 Å². The summed E-state index contributed by atoms with van der Waals surface area (Å²) in [6.07, 6.45) is 1.16. The summed E-state index contributed by atoms with van der Waals surface area (Å²) >= 11 is 1.21. The van der Waals surface area contributed by atoms with E-state index in [2.05, 4.69) is 15.6 Å². The van der Waals surface area contributed by atoms with Gasteiger partial charge in [0.2, 0.25) is 5.43 Å². The Labute approximate surface area is 223 Å². The van der Waals surface area contributed by atoms with Crippen LogP contribution in [-0.2, 0) is 0 Å². The van der Waals surface area contributed by atoms with Gasteiger partial charge in [0.1, 0.15) is 23.0 Å². The molecule has 0 saturated heterocycles. The topological polar surface area (TPSA) is 132 Å².